The van der Waals surface area contributed by atoms with Gasteiger partial charge in [-0.1, -0.05) is 17.3 Å². The highest BCUT2D eigenvalue weighted by Crippen LogP contribution is 2.58. The number of carboxylic acids is 1. The van der Waals surface area contributed by atoms with E-state index in [1.807, 2.05) is 45.0 Å². The van der Waals surface area contributed by atoms with Crippen molar-refractivity contribution in [3.8, 4) is 5.88 Å². The van der Waals surface area contributed by atoms with Gasteiger partial charge < -0.3 is 14.6 Å². The second-order valence-electron chi connectivity index (χ2n) is 10.6. The van der Waals surface area contributed by atoms with E-state index >= 15 is 0 Å². The molecule has 0 radical (unpaired) electrons. The van der Waals surface area contributed by atoms with E-state index in [0.717, 1.165) is 27.7 Å². The molecule has 1 aromatic carbocycles. The molecular formula is C28H32N6O6S. The second kappa shape index (κ2) is 10.3. The predicted molar refractivity (Wildman–Crippen MR) is 151 cm³/mol. The highest BCUT2D eigenvalue weighted by Gasteiger charge is 2.49. The molecule has 4 aromatic rings. The fraction of sp³-hybridized carbons (Fsp3) is 0.393. The molecule has 0 saturated carbocycles. The van der Waals surface area contributed by atoms with Gasteiger partial charge in [-0.3, -0.25) is 18.9 Å². The average Bonchev–Trinajstić information content (AvgIpc) is 3.31. The molecule has 41 heavy (non-hydrogen) atoms. The number of aliphatic carboxylic acids is 1. The van der Waals surface area contributed by atoms with Crippen LogP contribution >= 0.6 is 10.8 Å². The summed E-state index contributed by atoms with van der Waals surface area (Å²) in [6.07, 6.45) is 1.38. The van der Waals surface area contributed by atoms with Crippen LogP contribution in [0.15, 0.2) is 47.5 Å². The van der Waals surface area contributed by atoms with Gasteiger partial charge in [0.2, 0.25) is 5.88 Å². The van der Waals surface area contributed by atoms with Crippen LogP contribution in [0.5, 0.6) is 5.88 Å². The van der Waals surface area contributed by atoms with Crippen LogP contribution in [0.4, 0.5) is 0 Å². The number of aromatic nitrogens is 5. The van der Waals surface area contributed by atoms with E-state index in [0.29, 0.717) is 31.1 Å². The molecule has 12 nitrogen and oxygen atoms in total. The summed E-state index contributed by atoms with van der Waals surface area (Å²) in [6.45, 7) is 7.38. The largest absolute Gasteiger partial charge is 0.481 e. The number of carboxylic acid groups (broad SMARTS) is 1. The Kier molecular flexibility index (Phi) is 6.94. The first kappa shape index (κ1) is 27.5. The van der Waals surface area contributed by atoms with Gasteiger partial charge in [0.1, 0.15) is 10.4 Å². The summed E-state index contributed by atoms with van der Waals surface area (Å²) in [5, 5.41) is 18.4. The zero-order chi connectivity index (χ0) is 28.9. The lowest BCUT2D eigenvalue weighted by atomic mass is 9.88. The van der Waals surface area contributed by atoms with Gasteiger partial charge in [-0.15, -0.1) is 15.9 Å². The molecule has 1 atom stereocenters. The Morgan fingerprint density at radius 2 is 1.98 bits per heavy atom. The third-order valence-electron chi connectivity index (χ3n) is 7.84. The summed E-state index contributed by atoms with van der Waals surface area (Å²) >= 11 is 0. The van der Waals surface area contributed by atoms with Crippen LogP contribution in [0.2, 0.25) is 0 Å². The lowest BCUT2D eigenvalue weighted by molar-refractivity contribution is -0.167. The number of rotatable bonds is 7. The summed E-state index contributed by atoms with van der Waals surface area (Å²) in [6, 6.07) is 10.8. The summed E-state index contributed by atoms with van der Waals surface area (Å²) in [4.78, 5) is 21.5. The first-order valence-electron chi connectivity index (χ1n) is 13.4. The molecule has 2 aliphatic rings. The molecule has 1 saturated heterocycles. The van der Waals surface area contributed by atoms with Crippen LogP contribution in [-0.2, 0) is 22.6 Å². The quantitative estimate of drug-likeness (QED) is 0.289. The third kappa shape index (κ3) is 4.83. The SMILES string of the molecule is CCn1nnc2c(C)c(C(CC(=O)O)c3ccc(C)c(CN4CC5(COC5)Oc5ncccc5S4(O)O)n3)ccc21. The number of hydrogen-bond donors (Lipinski definition) is 3. The van der Waals surface area contributed by atoms with E-state index in [9.17, 15) is 19.0 Å². The lowest BCUT2D eigenvalue weighted by Gasteiger charge is -2.45. The van der Waals surface area contributed by atoms with Crippen LogP contribution in [0, 0.1) is 13.8 Å². The third-order valence-corrected chi connectivity index (χ3v) is 9.72. The molecule has 0 aliphatic carbocycles. The Morgan fingerprint density at radius 3 is 2.68 bits per heavy atom. The Hall–Kier alpha value is -3.62. The Balaban J connectivity index is 1.39. The van der Waals surface area contributed by atoms with Crippen LogP contribution in [0.3, 0.4) is 0 Å². The molecule has 0 bridgehead atoms. The minimum atomic E-state index is -3.48. The highest BCUT2D eigenvalue weighted by atomic mass is 32.3. The molecule has 5 heterocycles. The summed E-state index contributed by atoms with van der Waals surface area (Å²) in [5.41, 5.74) is 4.54. The van der Waals surface area contributed by atoms with E-state index in [4.69, 9.17) is 14.5 Å². The second-order valence-corrected chi connectivity index (χ2v) is 12.6. The van der Waals surface area contributed by atoms with E-state index in [1.165, 1.54) is 0 Å². The minimum absolute atomic E-state index is 0.101. The predicted octanol–water partition coefficient (Wildman–Crippen LogP) is 4.15. The molecular weight excluding hydrogens is 548 g/mol. The van der Waals surface area contributed by atoms with Crippen molar-refractivity contribution in [1.29, 1.82) is 0 Å². The molecule has 3 N–H and O–H groups in total. The van der Waals surface area contributed by atoms with E-state index in [2.05, 4.69) is 15.3 Å². The normalized spacial score (nSPS) is 19.1. The van der Waals surface area contributed by atoms with Crippen molar-refractivity contribution in [3.63, 3.8) is 0 Å². The number of aryl methyl sites for hydroxylation is 3. The molecule has 2 aliphatic heterocycles. The summed E-state index contributed by atoms with van der Waals surface area (Å²) in [7, 11) is -3.48. The maximum Gasteiger partial charge on any atom is 0.304 e. The van der Waals surface area contributed by atoms with Gasteiger partial charge in [0.25, 0.3) is 0 Å². The van der Waals surface area contributed by atoms with Crippen molar-refractivity contribution >= 4 is 27.8 Å². The topological polar surface area (TPSA) is 156 Å². The summed E-state index contributed by atoms with van der Waals surface area (Å²) in [5.74, 6) is -1.32. The fourth-order valence-corrected chi connectivity index (χ4v) is 7.11. The van der Waals surface area contributed by atoms with Gasteiger partial charge in [-0.2, -0.15) is 4.31 Å². The fourth-order valence-electron chi connectivity index (χ4n) is 5.53. The van der Waals surface area contributed by atoms with Crippen molar-refractivity contribution in [2.24, 2.45) is 0 Å². The number of carbonyl (C=O) groups is 1. The monoisotopic (exact) mass is 580 g/mol. The molecule has 3 aromatic heterocycles. The zero-order valence-electron chi connectivity index (χ0n) is 23.0. The molecule has 13 heteroatoms. The van der Waals surface area contributed by atoms with Crippen LogP contribution < -0.4 is 4.74 Å². The standard InChI is InChI=1S/C28H32N6O6S/c1-4-34-23-10-8-19(18(3)26(23)31-32-34)20(12-25(35)36)21-9-7-17(2)22(30-21)13-33-14-28(15-39-16-28)40-27-24(41(33,37)38)6-5-11-29-27/h5-11,20,37-38H,4,12-16H2,1-3H3,(H,35,36). The smallest absolute Gasteiger partial charge is 0.304 e. The number of hydrogen-bond acceptors (Lipinski definition) is 10. The molecule has 1 unspecified atom stereocenters. The Morgan fingerprint density at radius 1 is 1.17 bits per heavy atom. The molecule has 1 fully saturated rings. The average molecular weight is 581 g/mol. The molecule has 1 spiro atoms. The van der Waals surface area contributed by atoms with Crippen LogP contribution in [0.25, 0.3) is 11.0 Å². The van der Waals surface area contributed by atoms with Crippen molar-refractivity contribution in [2.75, 3.05) is 19.8 Å². The number of ether oxygens (including phenoxy) is 2. The summed E-state index contributed by atoms with van der Waals surface area (Å²) < 4.78 is 38.0. The lowest BCUT2D eigenvalue weighted by Crippen LogP contribution is -2.60. The molecule has 216 valence electrons. The van der Waals surface area contributed by atoms with Crippen LogP contribution in [-0.4, -0.2) is 74.8 Å². The molecule has 6 rings (SSSR count). The first-order valence-corrected chi connectivity index (χ1v) is 14.9. The van der Waals surface area contributed by atoms with Crippen LogP contribution in [0.1, 0.15) is 47.3 Å². The minimum Gasteiger partial charge on any atom is -0.481 e. The highest BCUT2D eigenvalue weighted by molar-refractivity contribution is 8.22. The Labute approximate surface area is 238 Å². The Bertz CT molecular complexity index is 1640. The number of nitrogens with zero attached hydrogens (tertiary/aromatic N) is 6. The van der Waals surface area contributed by atoms with Gasteiger partial charge in [-0.25, -0.2) is 9.67 Å². The van der Waals surface area contributed by atoms with E-state index in [1.54, 1.807) is 27.3 Å². The van der Waals surface area contributed by atoms with Gasteiger partial charge in [0.15, 0.2) is 5.60 Å². The van der Waals surface area contributed by atoms with Gasteiger partial charge in [0.05, 0.1) is 43.9 Å². The maximum atomic E-state index is 12.0. The van der Waals surface area contributed by atoms with Gasteiger partial charge in [0, 0.05) is 24.4 Å². The zero-order valence-corrected chi connectivity index (χ0v) is 23.8. The van der Waals surface area contributed by atoms with Crippen molar-refractivity contribution in [1.82, 2.24) is 29.3 Å². The first-order chi connectivity index (χ1) is 19.6. The number of benzene rings is 1. The number of pyridine rings is 2. The maximum absolute atomic E-state index is 12.0. The van der Waals surface area contributed by atoms with Crippen molar-refractivity contribution < 1.29 is 28.5 Å². The van der Waals surface area contributed by atoms with Gasteiger partial charge >= 0.3 is 5.97 Å². The van der Waals surface area contributed by atoms with E-state index < -0.39 is 28.3 Å². The number of fused-ring (bicyclic) bond motifs is 2. The molecule has 0 amide bonds. The van der Waals surface area contributed by atoms with E-state index in [-0.39, 0.29) is 30.3 Å². The van der Waals surface area contributed by atoms with Gasteiger partial charge in [-0.05, 0) is 61.7 Å². The van der Waals surface area contributed by atoms with Crippen molar-refractivity contribution in [2.45, 2.75) is 56.7 Å². The van der Waals surface area contributed by atoms with Crippen molar-refractivity contribution in [3.05, 3.63) is 70.7 Å².